The second kappa shape index (κ2) is 7.85. The Morgan fingerprint density at radius 1 is 1.29 bits per heavy atom. The number of hydrogen-bond acceptors (Lipinski definition) is 6. The Morgan fingerprint density at radius 2 is 2.05 bits per heavy atom. The number of thioether (sulfide) groups is 1. The summed E-state index contributed by atoms with van der Waals surface area (Å²) in [6.07, 6.45) is 1.39. The minimum atomic E-state index is -0.277. The molecule has 0 unspecified atom stereocenters. The van der Waals surface area contributed by atoms with E-state index in [0.29, 0.717) is 28.3 Å². The molecule has 1 heterocycles. The SMILES string of the molecule is CCOC(=O)CSc1cc(Oc2ccc(Cl)cc2)ncn1. The number of benzene rings is 1. The molecule has 0 saturated carbocycles. The van der Waals surface area contributed by atoms with Gasteiger partial charge in [0.05, 0.1) is 12.4 Å². The van der Waals surface area contributed by atoms with Crippen molar-refractivity contribution in [2.24, 2.45) is 0 Å². The molecule has 0 aliphatic heterocycles. The molecule has 2 rings (SSSR count). The van der Waals surface area contributed by atoms with E-state index in [4.69, 9.17) is 21.1 Å². The summed E-state index contributed by atoms with van der Waals surface area (Å²) >= 11 is 7.08. The third-order valence-corrected chi connectivity index (χ3v) is 3.45. The lowest BCUT2D eigenvalue weighted by Gasteiger charge is -2.06. The first-order chi connectivity index (χ1) is 10.2. The average molecular weight is 325 g/mol. The van der Waals surface area contributed by atoms with Crippen LogP contribution < -0.4 is 4.74 Å². The molecule has 110 valence electrons. The summed E-state index contributed by atoms with van der Waals surface area (Å²) in [4.78, 5) is 19.4. The molecule has 2 aromatic rings. The fraction of sp³-hybridized carbons (Fsp3) is 0.214. The van der Waals surface area contributed by atoms with Gasteiger partial charge in [-0.05, 0) is 31.2 Å². The highest BCUT2D eigenvalue weighted by molar-refractivity contribution is 7.99. The summed E-state index contributed by atoms with van der Waals surface area (Å²) in [7, 11) is 0. The maximum Gasteiger partial charge on any atom is 0.316 e. The molecule has 0 amide bonds. The van der Waals surface area contributed by atoms with E-state index in [-0.39, 0.29) is 11.7 Å². The Kier molecular flexibility index (Phi) is 5.83. The van der Waals surface area contributed by atoms with Gasteiger partial charge in [0.1, 0.15) is 17.1 Å². The molecule has 0 saturated heterocycles. The van der Waals surface area contributed by atoms with Crippen LogP contribution in [0.4, 0.5) is 0 Å². The lowest BCUT2D eigenvalue weighted by Crippen LogP contribution is -2.06. The summed E-state index contributed by atoms with van der Waals surface area (Å²) in [6.45, 7) is 2.14. The number of rotatable bonds is 6. The van der Waals surface area contributed by atoms with Gasteiger partial charge in [0.2, 0.25) is 5.88 Å². The van der Waals surface area contributed by atoms with E-state index in [0.717, 1.165) is 0 Å². The summed E-state index contributed by atoms with van der Waals surface area (Å²) in [5.74, 6) is 0.949. The van der Waals surface area contributed by atoms with Gasteiger partial charge >= 0.3 is 5.97 Å². The van der Waals surface area contributed by atoms with Crippen molar-refractivity contribution in [2.75, 3.05) is 12.4 Å². The standard InChI is InChI=1S/C14H13ClN2O3S/c1-2-19-14(18)8-21-13-7-12(16-9-17-13)20-11-5-3-10(15)4-6-11/h3-7,9H,2,8H2,1H3. The number of carbonyl (C=O) groups excluding carboxylic acids is 1. The number of ether oxygens (including phenoxy) is 2. The van der Waals surface area contributed by atoms with E-state index >= 15 is 0 Å². The molecule has 0 atom stereocenters. The molecular weight excluding hydrogens is 312 g/mol. The number of esters is 1. The second-order valence-electron chi connectivity index (χ2n) is 3.84. The molecule has 0 bridgehead atoms. The molecule has 0 aliphatic carbocycles. The Morgan fingerprint density at radius 3 is 2.76 bits per heavy atom. The number of halogens is 1. The number of aromatic nitrogens is 2. The summed E-state index contributed by atoms with van der Waals surface area (Å²) in [5, 5.41) is 1.28. The van der Waals surface area contributed by atoms with E-state index in [2.05, 4.69) is 9.97 Å². The van der Waals surface area contributed by atoms with E-state index in [1.165, 1.54) is 18.1 Å². The molecule has 5 nitrogen and oxygen atoms in total. The summed E-state index contributed by atoms with van der Waals surface area (Å²) in [6, 6.07) is 8.62. The van der Waals surface area contributed by atoms with E-state index in [1.54, 1.807) is 37.3 Å². The molecule has 0 fully saturated rings. The van der Waals surface area contributed by atoms with Gasteiger partial charge in [-0.1, -0.05) is 23.4 Å². The zero-order valence-corrected chi connectivity index (χ0v) is 12.9. The lowest BCUT2D eigenvalue weighted by atomic mass is 10.3. The normalized spacial score (nSPS) is 10.2. The van der Waals surface area contributed by atoms with E-state index in [9.17, 15) is 4.79 Å². The van der Waals surface area contributed by atoms with Gasteiger partial charge in [-0.25, -0.2) is 9.97 Å². The van der Waals surface area contributed by atoms with Crippen LogP contribution in [-0.4, -0.2) is 28.3 Å². The van der Waals surface area contributed by atoms with Crippen molar-refractivity contribution in [1.82, 2.24) is 9.97 Å². The highest BCUT2D eigenvalue weighted by atomic mass is 35.5. The van der Waals surface area contributed by atoms with Crippen molar-refractivity contribution in [2.45, 2.75) is 11.9 Å². The zero-order chi connectivity index (χ0) is 15.1. The van der Waals surface area contributed by atoms with Crippen molar-refractivity contribution in [3.05, 3.63) is 41.7 Å². The first kappa shape index (κ1) is 15.6. The first-order valence-electron chi connectivity index (χ1n) is 6.21. The van der Waals surface area contributed by atoms with Crippen LogP contribution >= 0.6 is 23.4 Å². The summed E-state index contributed by atoms with van der Waals surface area (Å²) < 4.78 is 10.4. The highest BCUT2D eigenvalue weighted by Crippen LogP contribution is 2.24. The van der Waals surface area contributed by atoms with Crippen molar-refractivity contribution < 1.29 is 14.3 Å². The first-order valence-corrected chi connectivity index (χ1v) is 7.57. The van der Waals surface area contributed by atoms with Gasteiger partial charge in [0, 0.05) is 11.1 Å². The van der Waals surface area contributed by atoms with Crippen LogP contribution in [0.3, 0.4) is 0 Å². The van der Waals surface area contributed by atoms with Gasteiger partial charge in [0.15, 0.2) is 0 Å². The molecule has 7 heteroatoms. The van der Waals surface area contributed by atoms with Gasteiger partial charge in [-0.2, -0.15) is 0 Å². The molecule has 0 radical (unpaired) electrons. The molecule has 0 aliphatic rings. The summed E-state index contributed by atoms with van der Waals surface area (Å²) in [5.41, 5.74) is 0. The molecule has 1 aromatic heterocycles. The second-order valence-corrected chi connectivity index (χ2v) is 5.28. The van der Waals surface area contributed by atoms with Crippen LogP contribution in [0.25, 0.3) is 0 Å². The largest absolute Gasteiger partial charge is 0.465 e. The number of nitrogens with zero attached hydrogens (tertiary/aromatic N) is 2. The van der Waals surface area contributed by atoms with Crippen LogP contribution in [0.15, 0.2) is 41.7 Å². The smallest absolute Gasteiger partial charge is 0.316 e. The highest BCUT2D eigenvalue weighted by Gasteiger charge is 2.06. The van der Waals surface area contributed by atoms with E-state index < -0.39 is 0 Å². The average Bonchev–Trinajstić information content (AvgIpc) is 2.48. The van der Waals surface area contributed by atoms with Crippen molar-refractivity contribution in [3.8, 4) is 11.6 Å². The third-order valence-electron chi connectivity index (χ3n) is 2.30. The van der Waals surface area contributed by atoms with Crippen LogP contribution in [-0.2, 0) is 9.53 Å². The minimum absolute atomic E-state index is 0.200. The van der Waals surface area contributed by atoms with Gasteiger partial charge in [0.25, 0.3) is 0 Å². The maximum atomic E-state index is 11.3. The van der Waals surface area contributed by atoms with Crippen LogP contribution in [0, 0.1) is 0 Å². The van der Waals surface area contributed by atoms with Crippen LogP contribution in [0.5, 0.6) is 11.6 Å². The maximum absolute atomic E-state index is 11.3. The Bertz CT molecular complexity index is 607. The Labute approximate surface area is 131 Å². The molecule has 0 spiro atoms. The molecule has 21 heavy (non-hydrogen) atoms. The third kappa shape index (κ3) is 5.24. The predicted molar refractivity (Wildman–Crippen MR) is 80.9 cm³/mol. The molecular formula is C14H13ClN2O3S. The lowest BCUT2D eigenvalue weighted by molar-refractivity contribution is -0.139. The quantitative estimate of drug-likeness (QED) is 0.460. The van der Waals surface area contributed by atoms with Crippen molar-refractivity contribution >= 4 is 29.3 Å². The zero-order valence-electron chi connectivity index (χ0n) is 11.3. The fourth-order valence-corrected chi connectivity index (χ4v) is 2.20. The molecule has 1 aromatic carbocycles. The van der Waals surface area contributed by atoms with E-state index in [1.807, 2.05) is 0 Å². The Hall–Kier alpha value is -1.79. The topological polar surface area (TPSA) is 61.3 Å². The van der Waals surface area contributed by atoms with Crippen LogP contribution in [0.2, 0.25) is 5.02 Å². The molecule has 0 N–H and O–H groups in total. The monoisotopic (exact) mass is 324 g/mol. The fourth-order valence-electron chi connectivity index (χ4n) is 1.42. The Balaban J connectivity index is 1.97. The van der Waals surface area contributed by atoms with Gasteiger partial charge < -0.3 is 9.47 Å². The predicted octanol–water partition coefficient (Wildman–Crippen LogP) is 3.58. The number of hydrogen-bond donors (Lipinski definition) is 0. The minimum Gasteiger partial charge on any atom is -0.465 e. The number of carbonyl (C=O) groups is 1. The van der Waals surface area contributed by atoms with Gasteiger partial charge in [-0.3, -0.25) is 4.79 Å². The van der Waals surface area contributed by atoms with Crippen molar-refractivity contribution in [1.29, 1.82) is 0 Å². The van der Waals surface area contributed by atoms with Gasteiger partial charge in [-0.15, -0.1) is 0 Å². The van der Waals surface area contributed by atoms with Crippen LogP contribution in [0.1, 0.15) is 6.92 Å². The van der Waals surface area contributed by atoms with Crippen molar-refractivity contribution in [3.63, 3.8) is 0 Å².